The standard InChI is InChI=1S/C25H29NO7/c1-15(2)33-14-13-26-22(16-9-6-7-10-17(16)30-3)21(24(28)25(26)29)23(27)20-18(31-4)11-8-12-19(20)32-5/h6-12,15,22,27H,13-14H2,1-5H3/b23-21+. The molecule has 176 valence electrons. The molecule has 1 N–H and O–H groups in total. The van der Waals surface area contributed by atoms with E-state index in [9.17, 15) is 14.7 Å². The fraction of sp³-hybridized carbons (Fsp3) is 0.360. The van der Waals surface area contributed by atoms with Crippen molar-refractivity contribution in [2.75, 3.05) is 34.5 Å². The summed E-state index contributed by atoms with van der Waals surface area (Å²) in [6, 6.07) is 11.2. The summed E-state index contributed by atoms with van der Waals surface area (Å²) in [7, 11) is 4.41. The van der Waals surface area contributed by atoms with E-state index in [1.165, 1.54) is 26.2 Å². The molecule has 0 bridgehead atoms. The molecule has 0 spiro atoms. The molecule has 1 saturated heterocycles. The van der Waals surface area contributed by atoms with Gasteiger partial charge in [0.05, 0.1) is 45.7 Å². The third kappa shape index (κ3) is 4.66. The Balaban J connectivity index is 2.24. The first-order valence-corrected chi connectivity index (χ1v) is 10.6. The van der Waals surface area contributed by atoms with E-state index in [0.717, 1.165) is 0 Å². The third-order valence-electron chi connectivity index (χ3n) is 5.42. The number of amides is 1. The molecule has 0 saturated carbocycles. The third-order valence-corrected chi connectivity index (χ3v) is 5.42. The molecule has 2 aromatic rings. The van der Waals surface area contributed by atoms with Crippen LogP contribution in [0.2, 0.25) is 0 Å². The van der Waals surface area contributed by atoms with Crippen LogP contribution in [0.3, 0.4) is 0 Å². The lowest BCUT2D eigenvalue weighted by molar-refractivity contribution is -0.140. The lowest BCUT2D eigenvalue weighted by Crippen LogP contribution is -2.33. The summed E-state index contributed by atoms with van der Waals surface area (Å²) in [4.78, 5) is 27.7. The summed E-state index contributed by atoms with van der Waals surface area (Å²) >= 11 is 0. The molecule has 2 aromatic carbocycles. The minimum atomic E-state index is -0.883. The molecular weight excluding hydrogens is 426 g/mol. The van der Waals surface area contributed by atoms with Gasteiger partial charge in [0.25, 0.3) is 11.7 Å². The summed E-state index contributed by atoms with van der Waals surface area (Å²) in [5.74, 6) is -0.822. The van der Waals surface area contributed by atoms with E-state index in [1.807, 2.05) is 13.8 Å². The van der Waals surface area contributed by atoms with Crippen LogP contribution in [0.15, 0.2) is 48.0 Å². The van der Waals surface area contributed by atoms with Crippen LogP contribution >= 0.6 is 0 Å². The number of rotatable bonds is 9. The Morgan fingerprint density at radius 2 is 1.52 bits per heavy atom. The number of ketones is 1. The molecule has 8 heteroatoms. The van der Waals surface area contributed by atoms with Crippen LogP contribution in [0, 0.1) is 0 Å². The first kappa shape index (κ1) is 24.1. The van der Waals surface area contributed by atoms with E-state index in [2.05, 4.69) is 0 Å². The molecule has 8 nitrogen and oxygen atoms in total. The highest BCUT2D eigenvalue weighted by Gasteiger charge is 2.47. The smallest absolute Gasteiger partial charge is 0.295 e. The summed E-state index contributed by atoms with van der Waals surface area (Å²) in [5.41, 5.74) is 0.690. The van der Waals surface area contributed by atoms with Gasteiger partial charge >= 0.3 is 0 Å². The highest BCUT2D eigenvalue weighted by atomic mass is 16.5. The first-order valence-electron chi connectivity index (χ1n) is 10.6. The first-order chi connectivity index (χ1) is 15.8. The number of para-hydroxylation sites is 1. The molecule has 1 amide bonds. The van der Waals surface area contributed by atoms with Crippen LogP contribution in [-0.4, -0.2) is 62.3 Å². The molecule has 1 aliphatic rings. The van der Waals surface area contributed by atoms with E-state index < -0.39 is 17.7 Å². The van der Waals surface area contributed by atoms with Crippen LogP contribution < -0.4 is 14.2 Å². The number of aliphatic hydroxyl groups excluding tert-OH is 1. The van der Waals surface area contributed by atoms with Gasteiger partial charge in [-0.15, -0.1) is 0 Å². The number of carbonyl (C=O) groups is 2. The molecule has 33 heavy (non-hydrogen) atoms. The predicted molar refractivity (Wildman–Crippen MR) is 123 cm³/mol. The fourth-order valence-corrected chi connectivity index (χ4v) is 3.93. The summed E-state index contributed by atoms with van der Waals surface area (Å²) < 4.78 is 21.9. The van der Waals surface area contributed by atoms with Crippen LogP contribution in [0.25, 0.3) is 5.76 Å². The Hall–Kier alpha value is -3.52. The van der Waals surface area contributed by atoms with Crippen molar-refractivity contribution in [2.45, 2.75) is 26.0 Å². The maximum Gasteiger partial charge on any atom is 0.295 e. The zero-order valence-corrected chi connectivity index (χ0v) is 19.5. The number of carbonyl (C=O) groups excluding carboxylic acids is 2. The number of aliphatic hydroxyl groups is 1. The molecule has 1 unspecified atom stereocenters. The summed E-state index contributed by atoms with van der Waals surface area (Å²) in [6.07, 6.45) is -0.0376. The van der Waals surface area contributed by atoms with E-state index in [1.54, 1.807) is 42.5 Å². The van der Waals surface area contributed by atoms with Gasteiger partial charge in [0.2, 0.25) is 0 Å². The van der Waals surface area contributed by atoms with Gasteiger partial charge in [0.15, 0.2) is 0 Å². The van der Waals surface area contributed by atoms with E-state index in [-0.39, 0.29) is 36.2 Å². The predicted octanol–water partition coefficient (Wildman–Crippen LogP) is 3.56. The van der Waals surface area contributed by atoms with Crippen molar-refractivity contribution in [3.63, 3.8) is 0 Å². The lowest BCUT2D eigenvalue weighted by Gasteiger charge is -2.27. The molecule has 0 aromatic heterocycles. The van der Waals surface area contributed by atoms with Gasteiger partial charge in [-0.3, -0.25) is 9.59 Å². The van der Waals surface area contributed by atoms with Crippen molar-refractivity contribution in [2.24, 2.45) is 0 Å². The van der Waals surface area contributed by atoms with Gasteiger partial charge in [-0.05, 0) is 32.0 Å². The van der Waals surface area contributed by atoms with E-state index >= 15 is 0 Å². The Bertz CT molecular complexity index is 1040. The minimum Gasteiger partial charge on any atom is -0.506 e. The Morgan fingerprint density at radius 3 is 2.09 bits per heavy atom. The number of Topliss-reactive ketones (excluding diaryl/α,β-unsaturated/α-hetero) is 1. The number of hydrogen-bond donors (Lipinski definition) is 1. The number of ether oxygens (including phenoxy) is 4. The summed E-state index contributed by atoms with van der Waals surface area (Å²) in [6.45, 7) is 4.17. The number of methoxy groups -OCH3 is 3. The van der Waals surface area contributed by atoms with E-state index in [4.69, 9.17) is 18.9 Å². The zero-order chi connectivity index (χ0) is 24.1. The lowest BCUT2D eigenvalue weighted by atomic mass is 9.94. The molecule has 1 fully saturated rings. The number of hydrogen-bond acceptors (Lipinski definition) is 7. The van der Waals surface area contributed by atoms with Crippen LogP contribution in [0.4, 0.5) is 0 Å². The topological polar surface area (TPSA) is 94.5 Å². The van der Waals surface area contributed by atoms with Crippen molar-refractivity contribution >= 4 is 17.4 Å². The average molecular weight is 456 g/mol. The minimum absolute atomic E-state index is 0.0376. The fourth-order valence-electron chi connectivity index (χ4n) is 3.93. The van der Waals surface area contributed by atoms with Crippen molar-refractivity contribution in [1.82, 2.24) is 4.90 Å². The molecule has 1 aliphatic heterocycles. The van der Waals surface area contributed by atoms with Crippen molar-refractivity contribution in [1.29, 1.82) is 0 Å². The molecule has 1 atom stereocenters. The van der Waals surface area contributed by atoms with E-state index in [0.29, 0.717) is 22.8 Å². The highest BCUT2D eigenvalue weighted by molar-refractivity contribution is 6.46. The van der Waals surface area contributed by atoms with Crippen LogP contribution in [-0.2, 0) is 14.3 Å². The van der Waals surface area contributed by atoms with Gasteiger partial charge in [0.1, 0.15) is 28.6 Å². The van der Waals surface area contributed by atoms with Gasteiger partial charge in [-0.1, -0.05) is 24.3 Å². The molecule has 3 rings (SSSR count). The Kier molecular flexibility index (Phi) is 7.60. The quantitative estimate of drug-likeness (QED) is 0.351. The molecule has 0 aliphatic carbocycles. The molecular formula is C25H29NO7. The maximum absolute atomic E-state index is 13.2. The van der Waals surface area contributed by atoms with Crippen molar-refractivity contribution < 1.29 is 33.6 Å². The highest BCUT2D eigenvalue weighted by Crippen LogP contribution is 2.45. The normalized spacial score (nSPS) is 17.5. The average Bonchev–Trinajstić information content (AvgIpc) is 3.07. The second-order valence-corrected chi connectivity index (χ2v) is 7.69. The Morgan fingerprint density at radius 1 is 0.939 bits per heavy atom. The number of benzene rings is 2. The SMILES string of the molecule is COc1ccccc1C1/C(=C(\O)c2c(OC)cccc2OC)C(=O)C(=O)N1CCOC(C)C. The zero-order valence-electron chi connectivity index (χ0n) is 19.5. The Labute approximate surface area is 193 Å². The number of likely N-dealkylation sites (tertiary alicyclic amines) is 1. The second-order valence-electron chi connectivity index (χ2n) is 7.69. The van der Waals surface area contributed by atoms with Gasteiger partial charge < -0.3 is 29.0 Å². The number of nitrogens with zero attached hydrogens (tertiary/aromatic N) is 1. The van der Waals surface area contributed by atoms with Crippen molar-refractivity contribution in [3.05, 3.63) is 59.2 Å². The second kappa shape index (κ2) is 10.4. The van der Waals surface area contributed by atoms with Crippen LogP contribution in [0.1, 0.15) is 31.0 Å². The van der Waals surface area contributed by atoms with Gasteiger partial charge in [0, 0.05) is 12.1 Å². The molecule has 1 heterocycles. The monoisotopic (exact) mass is 455 g/mol. The van der Waals surface area contributed by atoms with Crippen LogP contribution in [0.5, 0.6) is 17.2 Å². The van der Waals surface area contributed by atoms with Gasteiger partial charge in [-0.25, -0.2) is 0 Å². The summed E-state index contributed by atoms with van der Waals surface area (Å²) in [5, 5.41) is 11.4. The largest absolute Gasteiger partial charge is 0.506 e. The van der Waals surface area contributed by atoms with Gasteiger partial charge in [-0.2, -0.15) is 0 Å². The molecule has 0 radical (unpaired) electrons. The maximum atomic E-state index is 13.2. The van der Waals surface area contributed by atoms with Crippen molar-refractivity contribution in [3.8, 4) is 17.2 Å².